The van der Waals surface area contributed by atoms with Gasteiger partial charge in [0, 0.05) is 44.1 Å². The Hall–Kier alpha value is -2.78. The number of benzene rings is 1. The number of methoxy groups -OCH3 is 2. The average molecular weight is 462 g/mol. The van der Waals surface area contributed by atoms with Crippen LogP contribution in [0.1, 0.15) is 24.3 Å². The van der Waals surface area contributed by atoms with Gasteiger partial charge < -0.3 is 19.7 Å². The minimum absolute atomic E-state index is 0.00354. The molecule has 1 saturated carbocycles. The van der Waals surface area contributed by atoms with E-state index in [9.17, 15) is 0 Å². The van der Waals surface area contributed by atoms with E-state index in [4.69, 9.17) is 21.1 Å². The number of anilines is 1. The molecule has 1 saturated heterocycles. The molecule has 7 nitrogen and oxygen atoms in total. The summed E-state index contributed by atoms with van der Waals surface area (Å²) in [6, 6.07) is -0.00354. The zero-order chi connectivity index (χ0) is 22.4. The zero-order valence-electron chi connectivity index (χ0n) is 17.7. The zero-order valence-corrected chi connectivity index (χ0v) is 18.5. The molecular weight excluding hydrogens is 440 g/mol. The molecule has 1 aromatic carbocycles. The molecule has 0 radical (unpaired) electrons. The van der Waals surface area contributed by atoms with E-state index in [0.29, 0.717) is 35.1 Å². The van der Waals surface area contributed by atoms with Gasteiger partial charge in [0.15, 0.2) is 17.4 Å². The summed E-state index contributed by atoms with van der Waals surface area (Å²) in [5.41, 5.74) is 0.694. The van der Waals surface area contributed by atoms with Crippen molar-refractivity contribution in [1.82, 2.24) is 20.3 Å². The van der Waals surface area contributed by atoms with Gasteiger partial charge >= 0.3 is 6.01 Å². The van der Waals surface area contributed by atoms with Gasteiger partial charge in [-0.25, -0.2) is 8.78 Å². The van der Waals surface area contributed by atoms with Crippen LogP contribution in [0.5, 0.6) is 11.8 Å². The maximum atomic E-state index is 16.0. The SMILES string of the molecule is COc1nc(N2CCNCC2)c2c(OC)c(F)c(-c3cncc(Cl)c3C3CC3)c(F)c2n1. The Labute approximate surface area is 188 Å². The summed E-state index contributed by atoms with van der Waals surface area (Å²) >= 11 is 6.39. The van der Waals surface area contributed by atoms with Crippen LogP contribution in [-0.4, -0.2) is 55.4 Å². The number of nitrogens with zero attached hydrogens (tertiary/aromatic N) is 4. The van der Waals surface area contributed by atoms with Crippen molar-refractivity contribution in [3.05, 3.63) is 34.6 Å². The monoisotopic (exact) mass is 461 g/mol. The van der Waals surface area contributed by atoms with Crippen LogP contribution < -0.4 is 19.7 Å². The number of ether oxygens (including phenoxy) is 2. The van der Waals surface area contributed by atoms with Crippen molar-refractivity contribution in [2.75, 3.05) is 45.3 Å². The van der Waals surface area contributed by atoms with E-state index in [0.717, 1.165) is 25.9 Å². The third-order valence-electron chi connectivity index (χ3n) is 5.94. The molecule has 2 fully saturated rings. The van der Waals surface area contributed by atoms with Crippen LogP contribution in [0.2, 0.25) is 5.02 Å². The normalized spacial score (nSPS) is 16.5. The highest BCUT2D eigenvalue weighted by Gasteiger charge is 2.34. The summed E-state index contributed by atoms with van der Waals surface area (Å²) in [5.74, 6) is -1.23. The number of fused-ring (bicyclic) bond motifs is 1. The first-order valence-electron chi connectivity index (χ1n) is 10.4. The second-order valence-corrected chi connectivity index (χ2v) is 8.29. The lowest BCUT2D eigenvalue weighted by Gasteiger charge is -2.30. The van der Waals surface area contributed by atoms with Crippen molar-refractivity contribution in [2.45, 2.75) is 18.8 Å². The molecule has 1 aliphatic carbocycles. The van der Waals surface area contributed by atoms with E-state index in [-0.39, 0.29) is 34.1 Å². The maximum absolute atomic E-state index is 16.0. The Bertz CT molecular complexity index is 1200. The molecule has 0 amide bonds. The number of aromatic nitrogens is 3. The standard InChI is InChI=1S/C22H22ClF2N5O2/c1-31-20-16-19(28-22(32-2)29-21(16)30-7-5-26-6-8-30)17(24)15(18(20)25)12-9-27-10-13(23)14(12)11-3-4-11/h9-11,26H,3-8H2,1-2H3. The van der Waals surface area contributed by atoms with Crippen molar-refractivity contribution in [2.24, 2.45) is 0 Å². The van der Waals surface area contributed by atoms with Gasteiger partial charge in [0.2, 0.25) is 0 Å². The highest BCUT2D eigenvalue weighted by atomic mass is 35.5. The summed E-state index contributed by atoms with van der Waals surface area (Å²) in [6.45, 7) is 2.68. The van der Waals surface area contributed by atoms with Gasteiger partial charge in [-0.3, -0.25) is 4.98 Å². The third-order valence-corrected chi connectivity index (χ3v) is 6.24. The summed E-state index contributed by atoms with van der Waals surface area (Å²) in [4.78, 5) is 14.7. The largest absolute Gasteiger partial charge is 0.493 e. The first-order valence-corrected chi connectivity index (χ1v) is 10.8. The van der Waals surface area contributed by atoms with Gasteiger partial charge in [-0.15, -0.1) is 0 Å². The van der Waals surface area contributed by atoms with Crippen LogP contribution in [0.4, 0.5) is 14.6 Å². The van der Waals surface area contributed by atoms with E-state index in [1.165, 1.54) is 26.6 Å². The van der Waals surface area contributed by atoms with E-state index >= 15 is 8.78 Å². The number of halogens is 3. The fraction of sp³-hybridized carbons (Fsp3) is 0.409. The molecular formula is C22H22ClF2N5O2. The first-order chi connectivity index (χ1) is 15.5. The number of hydrogen-bond donors (Lipinski definition) is 1. The van der Waals surface area contributed by atoms with Crippen molar-refractivity contribution >= 4 is 28.3 Å². The number of piperazine rings is 1. The van der Waals surface area contributed by atoms with Gasteiger partial charge in [0.05, 0.1) is 30.2 Å². The van der Waals surface area contributed by atoms with Gasteiger partial charge in [-0.1, -0.05) is 11.6 Å². The Morgan fingerprint density at radius 3 is 2.47 bits per heavy atom. The fourth-order valence-corrected chi connectivity index (χ4v) is 4.60. The lowest BCUT2D eigenvalue weighted by molar-refractivity contribution is 0.378. The molecule has 0 spiro atoms. The topological polar surface area (TPSA) is 72.4 Å². The van der Waals surface area contributed by atoms with Crippen molar-refractivity contribution in [3.8, 4) is 22.9 Å². The van der Waals surface area contributed by atoms with Crippen molar-refractivity contribution < 1.29 is 18.3 Å². The van der Waals surface area contributed by atoms with Gasteiger partial charge in [0.1, 0.15) is 11.3 Å². The maximum Gasteiger partial charge on any atom is 0.318 e. The van der Waals surface area contributed by atoms with E-state index in [1.807, 2.05) is 4.90 Å². The molecule has 1 aliphatic heterocycles. The second kappa shape index (κ2) is 8.29. The minimum Gasteiger partial charge on any atom is -0.493 e. The number of rotatable bonds is 5. The molecule has 168 valence electrons. The van der Waals surface area contributed by atoms with Gasteiger partial charge in [0.25, 0.3) is 0 Å². The van der Waals surface area contributed by atoms with E-state index in [1.54, 1.807) is 0 Å². The fourth-order valence-electron chi connectivity index (χ4n) is 4.29. The van der Waals surface area contributed by atoms with Crippen LogP contribution in [0.3, 0.4) is 0 Å². The Morgan fingerprint density at radius 2 is 1.81 bits per heavy atom. The van der Waals surface area contributed by atoms with Crippen molar-refractivity contribution in [1.29, 1.82) is 0 Å². The van der Waals surface area contributed by atoms with Crippen LogP contribution in [-0.2, 0) is 0 Å². The molecule has 0 unspecified atom stereocenters. The third kappa shape index (κ3) is 3.40. The molecule has 3 heterocycles. The Kier molecular flexibility index (Phi) is 5.46. The molecule has 2 aliphatic rings. The quantitative estimate of drug-likeness (QED) is 0.617. The molecule has 1 N–H and O–H groups in total. The summed E-state index contributed by atoms with van der Waals surface area (Å²) in [7, 11) is 2.76. The Morgan fingerprint density at radius 1 is 1.06 bits per heavy atom. The number of hydrogen-bond acceptors (Lipinski definition) is 7. The lowest BCUT2D eigenvalue weighted by Crippen LogP contribution is -2.44. The predicted octanol–water partition coefficient (Wildman–Crippen LogP) is 3.93. The van der Waals surface area contributed by atoms with Crippen LogP contribution >= 0.6 is 11.6 Å². The predicted molar refractivity (Wildman–Crippen MR) is 118 cm³/mol. The van der Waals surface area contributed by atoms with Gasteiger partial charge in [-0.05, 0) is 24.3 Å². The molecule has 2 aromatic heterocycles. The molecule has 10 heteroatoms. The highest BCUT2D eigenvalue weighted by molar-refractivity contribution is 6.31. The molecule has 0 bridgehead atoms. The van der Waals surface area contributed by atoms with E-state index < -0.39 is 11.6 Å². The number of nitrogens with one attached hydrogen (secondary N) is 1. The minimum atomic E-state index is -0.825. The van der Waals surface area contributed by atoms with Crippen LogP contribution in [0, 0.1) is 11.6 Å². The second-order valence-electron chi connectivity index (χ2n) is 7.89. The van der Waals surface area contributed by atoms with Crippen LogP contribution in [0.15, 0.2) is 12.4 Å². The smallest absolute Gasteiger partial charge is 0.318 e. The number of pyridine rings is 1. The molecule has 32 heavy (non-hydrogen) atoms. The summed E-state index contributed by atoms with van der Waals surface area (Å²) < 4.78 is 42.7. The average Bonchev–Trinajstić information content (AvgIpc) is 3.65. The molecule has 3 aromatic rings. The Balaban J connectivity index is 1.84. The van der Waals surface area contributed by atoms with Crippen LogP contribution in [0.25, 0.3) is 22.0 Å². The van der Waals surface area contributed by atoms with Crippen molar-refractivity contribution in [3.63, 3.8) is 0 Å². The lowest BCUT2D eigenvalue weighted by atomic mass is 9.96. The first kappa shape index (κ1) is 21.1. The van der Waals surface area contributed by atoms with Gasteiger partial charge in [-0.2, -0.15) is 9.97 Å². The summed E-state index contributed by atoms with van der Waals surface area (Å²) in [5, 5.41) is 3.83. The van der Waals surface area contributed by atoms with E-state index in [2.05, 4.69) is 20.3 Å². The summed E-state index contributed by atoms with van der Waals surface area (Å²) in [6.07, 6.45) is 4.77. The molecule has 5 rings (SSSR count). The highest BCUT2D eigenvalue weighted by Crippen LogP contribution is 2.50. The molecule has 0 atom stereocenters.